The minimum absolute atomic E-state index is 1.03. The van der Waals surface area contributed by atoms with E-state index in [-0.39, 0.29) is 0 Å². The SMILES string of the molecule is c1ccc(-c2ccc(-c3ccncc3)s2)nc1. The Morgan fingerprint density at radius 2 is 1.59 bits per heavy atom. The second-order valence-electron chi connectivity index (χ2n) is 3.61. The molecule has 0 spiro atoms. The van der Waals surface area contributed by atoms with Crippen LogP contribution in [0.1, 0.15) is 0 Å². The highest BCUT2D eigenvalue weighted by molar-refractivity contribution is 7.18. The maximum Gasteiger partial charge on any atom is 0.0801 e. The highest BCUT2D eigenvalue weighted by Gasteiger charge is 2.04. The number of nitrogens with zero attached hydrogens (tertiary/aromatic N) is 2. The Balaban J connectivity index is 1.99. The maximum absolute atomic E-state index is 4.35. The number of hydrogen-bond donors (Lipinski definition) is 0. The van der Waals surface area contributed by atoms with Crippen molar-refractivity contribution in [3.8, 4) is 21.0 Å². The van der Waals surface area contributed by atoms with Gasteiger partial charge in [0.2, 0.25) is 0 Å². The minimum Gasteiger partial charge on any atom is -0.265 e. The first kappa shape index (κ1) is 10.2. The van der Waals surface area contributed by atoms with Gasteiger partial charge in [-0.1, -0.05) is 6.07 Å². The van der Waals surface area contributed by atoms with Crippen LogP contribution in [0.3, 0.4) is 0 Å². The molecule has 0 aliphatic rings. The number of aromatic nitrogens is 2. The van der Waals surface area contributed by atoms with Crippen molar-refractivity contribution < 1.29 is 0 Å². The van der Waals surface area contributed by atoms with E-state index in [1.165, 1.54) is 15.3 Å². The zero-order chi connectivity index (χ0) is 11.5. The summed E-state index contributed by atoms with van der Waals surface area (Å²) in [5.74, 6) is 0. The third kappa shape index (κ3) is 2.10. The molecular formula is C14H10N2S. The summed E-state index contributed by atoms with van der Waals surface area (Å²) in [5.41, 5.74) is 2.23. The van der Waals surface area contributed by atoms with Crippen LogP contribution in [0.4, 0.5) is 0 Å². The highest BCUT2D eigenvalue weighted by Crippen LogP contribution is 2.32. The maximum atomic E-state index is 4.35. The topological polar surface area (TPSA) is 25.8 Å². The largest absolute Gasteiger partial charge is 0.265 e. The molecule has 3 rings (SSSR count). The number of thiophene rings is 1. The Kier molecular flexibility index (Phi) is 2.68. The van der Waals surface area contributed by atoms with Gasteiger partial charge in [0, 0.05) is 23.5 Å². The molecule has 82 valence electrons. The van der Waals surface area contributed by atoms with Crippen molar-refractivity contribution in [1.29, 1.82) is 0 Å². The van der Waals surface area contributed by atoms with Crippen LogP contribution in [0, 0.1) is 0 Å². The summed E-state index contributed by atoms with van der Waals surface area (Å²) in [6, 6.07) is 14.3. The molecule has 0 saturated carbocycles. The third-order valence-corrected chi connectivity index (χ3v) is 3.65. The van der Waals surface area contributed by atoms with Gasteiger partial charge in [-0.05, 0) is 42.0 Å². The van der Waals surface area contributed by atoms with Crippen molar-refractivity contribution in [2.24, 2.45) is 0 Å². The van der Waals surface area contributed by atoms with Crippen molar-refractivity contribution in [3.05, 3.63) is 61.1 Å². The molecule has 0 aliphatic heterocycles. The van der Waals surface area contributed by atoms with Crippen molar-refractivity contribution in [2.75, 3.05) is 0 Å². The zero-order valence-electron chi connectivity index (χ0n) is 9.08. The van der Waals surface area contributed by atoms with Crippen LogP contribution in [0.25, 0.3) is 21.0 Å². The molecule has 0 amide bonds. The van der Waals surface area contributed by atoms with Gasteiger partial charge >= 0.3 is 0 Å². The normalized spacial score (nSPS) is 10.4. The van der Waals surface area contributed by atoms with Gasteiger partial charge in [0.05, 0.1) is 10.6 Å². The highest BCUT2D eigenvalue weighted by atomic mass is 32.1. The summed E-state index contributed by atoms with van der Waals surface area (Å²) < 4.78 is 0. The summed E-state index contributed by atoms with van der Waals surface area (Å²) in [4.78, 5) is 10.8. The van der Waals surface area contributed by atoms with Gasteiger partial charge in [0.1, 0.15) is 0 Å². The Labute approximate surface area is 104 Å². The van der Waals surface area contributed by atoms with E-state index in [4.69, 9.17) is 0 Å². The first-order valence-electron chi connectivity index (χ1n) is 5.35. The summed E-state index contributed by atoms with van der Waals surface area (Å²) in [5, 5.41) is 0. The predicted octanol–water partition coefficient (Wildman–Crippen LogP) is 3.87. The molecule has 17 heavy (non-hydrogen) atoms. The summed E-state index contributed by atoms with van der Waals surface area (Å²) in [6.45, 7) is 0. The molecule has 3 aromatic heterocycles. The summed E-state index contributed by atoms with van der Waals surface area (Å²) in [7, 11) is 0. The lowest BCUT2D eigenvalue weighted by molar-refractivity contribution is 1.33. The van der Waals surface area contributed by atoms with Crippen LogP contribution in [0.5, 0.6) is 0 Å². The Morgan fingerprint density at radius 1 is 0.765 bits per heavy atom. The zero-order valence-corrected chi connectivity index (χ0v) is 9.89. The van der Waals surface area contributed by atoms with Gasteiger partial charge in [-0.3, -0.25) is 9.97 Å². The number of rotatable bonds is 2. The second kappa shape index (κ2) is 4.47. The average molecular weight is 238 g/mol. The lowest BCUT2D eigenvalue weighted by Crippen LogP contribution is -1.75. The van der Waals surface area contributed by atoms with Gasteiger partial charge in [0.25, 0.3) is 0 Å². The standard InChI is InChI=1S/C14H10N2S/c1-2-8-16-12(3-1)14-5-4-13(17-14)11-6-9-15-10-7-11/h1-10H. The smallest absolute Gasteiger partial charge is 0.0801 e. The van der Waals surface area contributed by atoms with Crippen LogP contribution in [0.15, 0.2) is 61.1 Å². The van der Waals surface area contributed by atoms with E-state index in [0.29, 0.717) is 0 Å². The fraction of sp³-hybridized carbons (Fsp3) is 0. The van der Waals surface area contributed by atoms with E-state index < -0.39 is 0 Å². The molecular weight excluding hydrogens is 228 g/mol. The molecule has 0 aliphatic carbocycles. The molecule has 0 saturated heterocycles. The minimum atomic E-state index is 1.03. The first-order valence-corrected chi connectivity index (χ1v) is 6.17. The first-order chi connectivity index (χ1) is 8.43. The monoisotopic (exact) mass is 238 g/mol. The van der Waals surface area contributed by atoms with E-state index in [0.717, 1.165) is 5.69 Å². The Bertz CT molecular complexity index is 548. The van der Waals surface area contributed by atoms with Crippen LogP contribution < -0.4 is 0 Å². The van der Waals surface area contributed by atoms with Crippen molar-refractivity contribution >= 4 is 11.3 Å². The lowest BCUT2D eigenvalue weighted by atomic mass is 10.2. The Hall–Kier alpha value is -2.00. The van der Waals surface area contributed by atoms with Crippen molar-refractivity contribution in [2.45, 2.75) is 0 Å². The van der Waals surface area contributed by atoms with E-state index in [1.807, 2.05) is 48.9 Å². The molecule has 3 heteroatoms. The van der Waals surface area contributed by atoms with Gasteiger partial charge in [-0.15, -0.1) is 11.3 Å². The molecule has 0 bridgehead atoms. The quantitative estimate of drug-likeness (QED) is 0.677. The summed E-state index contributed by atoms with van der Waals surface area (Å²) in [6.07, 6.45) is 5.45. The number of pyridine rings is 2. The van der Waals surface area contributed by atoms with Gasteiger partial charge in [0.15, 0.2) is 0 Å². The molecule has 0 fully saturated rings. The van der Waals surface area contributed by atoms with Crippen LogP contribution in [-0.4, -0.2) is 9.97 Å². The molecule has 3 heterocycles. The van der Waals surface area contributed by atoms with Crippen LogP contribution in [-0.2, 0) is 0 Å². The third-order valence-electron chi connectivity index (χ3n) is 2.49. The van der Waals surface area contributed by atoms with E-state index in [1.54, 1.807) is 11.3 Å². The molecule has 0 N–H and O–H groups in total. The fourth-order valence-electron chi connectivity index (χ4n) is 1.66. The molecule has 0 atom stereocenters. The van der Waals surface area contributed by atoms with E-state index in [9.17, 15) is 0 Å². The molecule has 0 unspecified atom stereocenters. The van der Waals surface area contributed by atoms with E-state index in [2.05, 4.69) is 22.1 Å². The lowest BCUT2D eigenvalue weighted by Gasteiger charge is -1.95. The molecule has 3 aromatic rings. The molecule has 0 radical (unpaired) electrons. The molecule has 0 aromatic carbocycles. The Morgan fingerprint density at radius 3 is 2.35 bits per heavy atom. The average Bonchev–Trinajstić information content (AvgIpc) is 2.90. The molecule has 2 nitrogen and oxygen atoms in total. The summed E-state index contributed by atoms with van der Waals surface area (Å²) >= 11 is 1.75. The van der Waals surface area contributed by atoms with Gasteiger partial charge < -0.3 is 0 Å². The van der Waals surface area contributed by atoms with Crippen molar-refractivity contribution in [3.63, 3.8) is 0 Å². The van der Waals surface area contributed by atoms with Crippen LogP contribution in [0.2, 0.25) is 0 Å². The van der Waals surface area contributed by atoms with Crippen LogP contribution >= 0.6 is 11.3 Å². The fourth-order valence-corrected chi connectivity index (χ4v) is 2.64. The second-order valence-corrected chi connectivity index (χ2v) is 4.70. The number of hydrogen-bond acceptors (Lipinski definition) is 3. The van der Waals surface area contributed by atoms with Gasteiger partial charge in [-0.2, -0.15) is 0 Å². The van der Waals surface area contributed by atoms with E-state index >= 15 is 0 Å². The van der Waals surface area contributed by atoms with Gasteiger partial charge in [-0.25, -0.2) is 0 Å². The predicted molar refractivity (Wildman–Crippen MR) is 70.8 cm³/mol. The van der Waals surface area contributed by atoms with Crippen molar-refractivity contribution in [1.82, 2.24) is 9.97 Å².